The van der Waals surface area contributed by atoms with Crippen LogP contribution in [0.3, 0.4) is 0 Å². The standard InChI is InChI=1S/C12H14N4O/c1-8-5-9(13)3-4-10(8)15-12(17)11-6-16(2)7-14-11/h3-7H,13H2,1-2H3,(H,15,17). The Morgan fingerprint density at radius 1 is 1.47 bits per heavy atom. The van der Waals surface area contributed by atoms with Gasteiger partial charge in [-0.15, -0.1) is 0 Å². The van der Waals surface area contributed by atoms with Gasteiger partial charge in [0.2, 0.25) is 0 Å². The molecule has 0 aliphatic heterocycles. The lowest BCUT2D eigenvalue weighted by Crippen LogP contribution is -2.13. The number of carbonyl (C=O) groups is 1. The highest BCUT2D eigenvalue weighted by Gasteiger charge is 2.09. The molecule has 0 saturated carbocycles. The molecular weight excluding hydrogens is 216 g/mol. The SMILES string of the molecule is Cc1cc(N)ccc1NC(=O)c1cn(C)cn1. The minimum atomic E-state index is -0.224. The summed E-state index contributed by atoms with van der Waals surface area (Å²) in [6.07, 6.45) is 3.26. The highest BCUT2D eigenvalue weighted by atomic mass is 16.1. The molecule has 17 heavy (non-hydrogen) atoms. The van der Waals surface area contributed by atoms with Gasteiger partial charge in [-0.25, -0.2) is 4.98 Å². The molecule has 0 fully saturated rings. The summed E-state index contributed by atoms with van der Waals surface area (Å²) in [6, 6.07) is 5.35. The zero-order valence-corrected chi connectivity index (χ0v) is 9.77. The van der Waals surface area contributed by atoms with Crippen molar-refractivity contribution in [2.45, 2.75) is 6.92 Å². The van der Waals surface area contributed by atoms with Crippen LogP contribution in [0, 0.1) is 6.92 Å². The predicted molar refractivity (Wildman–Crippen MR) is 66.8 cm³/mol. The van der Waals surface area contributed by atoms with E-state index in [2.05, 4.69) is 10.3 Å². The van der Waals surface area contributed by atoms with Gasteiger partial charge >= 0.3 is 0 Å². The molecule has 2 rings (SSSR count). The van der Waals surface area contributed by atoms with Crippen LogP contribution in [0.2, 0.25) is 0 Å². The molecule has 3 N–H and O–H groups in total. The Morgan fingerprint density at radius 2 is 2.24 bits per heavy atom. The van der Waals surface area contributed by atoms with Gasteiger partial charge < -0.3 is 15.6 Å². The molecule has 1 heterocycles. The monoisotopic (exact) mass is 230 g/mol. The van der Waals surface area contributed by atoms with Crippen molar-refractivity contribution < 1.29 is 4.79 Å². The first-order valence-electron chi connectivity index (χ1n) is 5.21. The third-order valence-corrected chi connectivity index (χ3v) is 2.44. The molecule has 5 nitrogen and oxygen atoms in total. The van der Waals surface area contributed by atoms with E-state index in [1.165, 1.54) is 0 Å². The molecule has 1 amide bonds. The van der Waals surface area contributed by atoms with Gasteiger partial charge in [0.25, 0.3) is 5.91 Å². The van der Waals surface area contributed by atoms with Crippen LogP contribution in [0.15, 0.2) is 30.7 Å². The fraction of sp³-hybridized carbons (Fsp3) is 0.167. The molecule has 0 aliphatic rings. The predicted octanol–water partition coefficient (Wildman–Crippen LogP) is 1.56. The highest BCUT2D eigenvalue weighted by Crippen LogP contribution is 2.18. The number of nitrogen functional groups attached to an aromatic ring is 1. The Kier molecular flexibility index (Phi) is 2.82. The number of aryl methyl sites for hydroxylation is 2. The molecule has 0 radical (unpaired) electrons. The summed E-state index contributed by atoms with van der Waals surface area (Å²) in [7, 11) is 1.82. The number of anilines is 2. The number of amides is 1. The first-order chi connectivity index (χ1) is 8.06. The van der Waals surface area contributed by atoms with Crippen molar-refractivity contribution in [2.24, 2.45) is 7.05 Å². The summed E-state index contributed by atoms with van der Waals surface area (Å²) in [4.78, 5) is 15.8. The van der Waals surface area contributed by atoms with Crippen molar-refractivity contribution in [1.29, 1.82) is 0 Å². The zero-order chi connectivity index (χ0) is 12.4. The van der Waals surface area contributed by atoms with Crippen molar-refractivity contribution in [1.82, 2.24) is 9.55 Å². The Labute approximate surface area is 99.3 Å². The molecule has 2 aromatic rings. The van der Waals surface area contributed by atoms with Crippen molar-refractivity contribution in [3.8, 4) is 0 Å². The van der Waals surface area contributed by atoms with Crippen LogP contribution in [0.1, 0.15) is 16.1 Å². The third kappa shape index (κ3) is 2.44. The van der Waals surface area contributed by atoms with Gasteiger partial charge in [0, 0.05) is 24.6 Å². The topological polar surface area (TPSA) is 72.9 Å². The summed E-state index contributed by atoms with van der Waals surface area (Å²) in [5, 5.41) is 2.80. The number of rotatable bonds is 2. The second-order valence-electron chi connectivity index (χ2n) is 3.95. The fourth-order valence-electron chi connectivity index (χ4n) is 1.54. The van der Waals surface area contributed by atoms with Crippen LogP contribution in [0.4, 0.5) is 11.4 Å². The molecule has 5 heteroatoms. The summed E-state index contributed by atoms with van der Waals surface area (Å²) in [5.74, 6) is -0.224. The third-order valence-electron chi connectivity index (χ3n) is 2.44. The summed E-state index contributed by atoms with van der Waals surface area (Å²) < 4.78 is 1.73. The van der Waals surface area contributed by atoms with Crippen molar-refractivity contribution in [3.05, 3.63) is 42.0 Å². The number of imidazole rings is 1. The number of nitrogens with zero attached hydrogens (tertiary/aromatic N) is 2. The van der Waals surface area contributed by atoms with Crippen LogP contribution in [0.25, 0.3) is 0 Å². The van der Waals surface area contributed by atoms with E-state index in [9.17, 15) is 4.79 Å². The molecule has 0 saturated heterocycles. The van der Waals surface area contributed by atoms with E-state index < -0.39 is 0 Å². The second kappa shape index (κ2) is 4.29. The molecule has 0 aliphatic carbocycles. The fourth-order valence-corrected chi connectivity index (χ4v) is 1.54. The summed E-state index contributed by atoms with van der Waals surface area (Å²) >= 11 is 0. The van der Waals surface area contributed by atoms with Gasteiger partial charge in [0.1, 0.15) is 5.69 Å². The molecule has 0 spiro atoms. The second-order valence-corrected chi connectivity index (χ2v) is 3.95. The maximum Gasteiger partial charge on any atom is 0.275 e. The molecule has 0 bridgehead atoms. The van der Waals surface area contributed by atoms with Crippen LogP contribution >= 0.6 is 0 Å². The quantitative estimate of drug-likeness (QED) is 0.769. The number of benzene rings is 1. The number of aromatic nitrogens is 2. The van der Waals surface area contributed by atoms with E-state index in [0.717, 1.165) is 11.3 Å². The minimum absolute atomic E-state index is 0.224. The minimum Gasteiger partial charge on any atom is -0.399 e. The number of hydrogen-bond donors (Lipinski definition) is 2. The Morgan fingerprint density at radius 3 is 2.82 bits per heavy atom. The smallest absolute Gasteiger partial charge is 0.275 e. The lowest BCUT2D eigenvalue weighted by Gasteiger charge is -2.07. The number of nitrogens with one attached hydrogen (secondary N) is 1. The Balaban J connectivity index is 2.18. The van der Waals surface area contributed by atoms with Gasteiger partial charge in [-0.1, -0.05) is 0 Å². The van der Waals surface area contributed by atoms with Gasteiger partial charge in [0.15, 0.2) is 0 Å². The maximum atomic E-state index is 11.8. The Hall–Kier alpha value is -2.30. The van der Waals surface area contributed by atoms with E-state index in [1.54, 1.807) is 29.2 Å². The lowest BCUT2D eigenvalue weighted by atomic mass is 10.2. The van der Waals surface area contributed by atoms with Gasteiger partial charge in [-0.3, -0.25) is 4.79 Å². The first-order valence-corrected chi connectivity index (χ1v) is 5.21. The number of nitrogens with two attached hydrogens (primary N) is 1. The van der Waals surface area contributed by atoms with Crippen LogP contribution < -0.4 is 11.1 Å². The van der Waals surface area contributed by atoms with E-state index >= 15 is 0 Å². The average Bonchev–Trinajstić information content (AvgIpc) is 2.69. The Bertz CT molecular complexity index is 559. The molecule has 1 aromatic carbocycles. The summed E-state index contributed by atoms with van der Waals surface area (Å²) in [6.45, 7) is 1.89. The van der Waals surface area contributed by atoms with E-state index in [0.29, 0.717) is 11.4 Å². The molecule has 88 valence electrons. The molecule has 0 unspecified atom stereocenters. The molecular formula is C12H14N4O. The van der Waals surface area contributed by atoms with E-state index in [-0.39, 0.29) is 5.91 Å². The normalized spacial score (nSPS) is 10.2. The van der Waals surface area contributed by atoms with Gasteiger partial charge in [0.05, 0.1) is 6.33 Å². The zero-order valence-electron chi connectivity index (χ0n) is 9.77. The highest BCUT2D eigenvalue weighted by molar-refractivity contribution is 6.03. The van der Waals surface area contributed by atoms with Gasteiger partial charge in [-0.2, -0.15) is 0 Å². The first kappa shape index (κ1) is 11.2. The van der Waals surface area contributed by atoms with Gasteiger partial charge in [-0.05, 0) is 30.7 Å². The van der Waals surface area contributed by atoms with Crippen LogP contribution in [-0.2, 0) is 7.05 Å². The van der Waals surface area contributed by atoms with Crippen LogP contribution in [0.5, 0.6) is 0 Å². The van der Waals surface area contributed by atoms with Crippen LogP contribution in [-0.4, -0.2) is 15.5 Å². The largest absolute Gasteiger partial charge is 0.399 e. The van der Waals surface area contributed by atoms with E-state index in [1.807, 2.05) is 20.0 Å². The molecule has 0 atom stereocenters. The number of carbonyl (C=O) groups excluding carboxylic acids is 1. The summed E-state index contributed by atoms with van der Waals surface area (Å²) in [5.41, 5.74) is 8.39. The van der Waals surface area contributed by atoms with Crippen molar-refractivity contribution in [3.63, 3.8) is 0 Å². The van der Waals surface area contributed by atoms with E-state index in [4.69, 9.17) is 5.73 Å². The molecule has 1 aromatic heterocycles. The number of hydrogen-bond acceptors (Lipinski definition) is 3. The maximum absolute atomic E-state index is 11.8. The van der Waals surface area contributed by atoms with Crippen molar-refractivity contribution in [2.75, 3.05) is 11.1 Å². The average molecular weight is 230 g/mol. The lowest BCUT2D eigenvalue weighted by molar-refractivity contribution is 0.102. The van der Waals surface area contributed by atoms with Crippen molar-refractivity contribution >= 4 is 17.3 Å².